The highest BCUT2D eigenvalue weighted by Gasteiger charge is 2.22. The van der Waals surface area contributed by atoms with Crippen LogP contribution in [0.1, 0.15) is 11.1 Å². The highest BCUT2D eigenvalue weighted by atomic mass is 32.2. The van der Waals surface area contributed by atoms with Crippen molar-refractivity contribution in [3.05, 3.63) is 59.7 Å². The van der Waals surface area contributed by atoms with Crippen LogP contribution in [0.15, 0.2) is 53.6 Å². The summed E-state index contributed by atoms with van der Waals surface area (Å²) in [6, 6.07) is 18.0. The molecule has 1 aromatic heterocycles. The van der Waals surface area contributed by atoms with Crippen LogP contribution in [-0.4, -0.2) is 54.8 Å². The number of fused-ring (bicyclic) bond motifs is 1. The fourth-order valence-corrected chi connectivity index (χ4v) is 4.56. The quantitative estimate of drug-likeness (QED) is 0.570. The van der Waals surface area contributed by atoms with Crippen molar-refractivity contribution in [3.8, 4) is 11.8 Å². The van der Waals surface area contributed by atoms with Crippen molar-refractivity contribution in [2.45, 2.75) is 11.9 Å². The van der Waals surface area contributed by atoms with Gasteiger partial charge in [-0.05, 0) is 49.4 Å². The second-order valence-corrected chi connectivity index (χ2v) is 8.47. The zero-order valence-electron chi connectivity index (χ0n) is 17.7. The first kappa shape index (κ1) is 21.0. The molecule has 6 nitrogen and oxygen atoms in total. The SMILES string of the molecule is COc1ccc(N2CCN(C(=O)CSc3nc4ccc(C)cc4cc3C#N)CC2)cc1. The van der Waals surface area contributed by atoms with Crippen LogP contribution in [0, 0.1) is 18.3 Å². The minimum atomic E-state index is 0.0778. The number of benzene rings is 2. The molecule has 0 atom stereocenters. The van der Waals surface area contributed by atoms with Crippen LogP contribution in [-0.2, 0) is 4.79 Å². The highest BCUT2D eigenvalue weighted by molar-refractivity contribution is 8.00. The topological polar surface area (TPSA) is 69.5 Å². The van der Waals surface area contributed by atoms with Crippen molar-refractivity contribution in [3.63, 3.8) is 0 Å². The molecule has 3 aromatic rings. The van der Waals surface area contributed by atoms with E-state index >= 15 is 0 Å². The van der Waals surface area contributed by atoms with Gasteiger partial charge in [-0.3, -0.25) is 4.79 Å². The van der Waals surface area contributed by atoms with E-state index in [0.29, 0.717) is 23.7 Å². The number of piperazine rings is 1. The molecule has 0 spiro atoms. The van der Waals surface area contributed by atoms with E-state index in [2.05, 4.69) is 16.0 Å². The molecule has 2 heterocycles. The van der Waals surface area contributed by atoms with Gasteiger partial charge in [0.1, 0.15) is 16.8 Å². The first-order valence-corrected chi connectivity index (χ1v) is 11.2. The molecule has 2 aromatic carbocycles. The Morgan fingerprint density at radius 1 is 1.13 bits per heavy atom. The summed E-state index contributed by atoms with van der Waals surface area (Å²) in [7, 11) is 1.66. The summed E-state index contributed by atoms with van der Waals surface area (Å²) < 4.78 is 5.21. The number of nitrogens with zero attached hydrogens (tertiary/aromatic N) is 4. The second kappa shape index (κ2) is 9.27. The smallest absolute Gasteiger partial charge is 0.233 e. The standard InChI is InChI=1S/C24H24N4O2S/c1-17-3-8-22-18(13-17)14-19(15-25)24(26-22)31-16-23(29)28-11-9-27(10-12-28)20-4-6-21(30-2)7-5-20/h3-8,13-14H,9-12,16H2,1-2H3. The molecule has 0 N–H and O–H groups in total. The molecule has 0 unspecified atom stereocenters. The number of carbonyl (C=O) groups is 1. The van der Waals surface area contributed by atoms with E-state index in [4.69, 9.17) is 4.74 Å². The molecule has 7 heteroatoms. The molecule has 1 fully saturated rings. The van der Waals surface area contributed by atoms with Gasteiger partial charge >= 0.3 is 0 Å². The maximum atomic E-state index is 12.8. The number of hydrogen-bond donors (Lipinski definition) is 0. The Morgan fingerprint density at radius 3 is 2.55 bits per heavy atom. The molecule has 0 aliphatic carbocycles. The van der Waals surface area contributed by atoms with Crippen LogP contribution in [0.2, 0.25) is 0 Å². The maximum absolute atomic E-state index is 12.8. The van der Waals surface area contributed by atoms with E-state index in [1.807, 2.05) is 60.4 Å². The van der Waals surface area contributed by atoms with E-state index in [1.165, 1.54) is 11.8 Å². The van der Waals surface area contributed by atoms with Gasteiger partial charge in [0.15, 0.2) is 0 Å². The fraction of sp³-hybridized carbons (Fsp3) is 0.292. The van der Waals surface area contributed by atoms with Gasteiger partial charge in [-0.2, -0.15) is 5.26 Å². The van der Waals surface area contributed by atoms with Gasteiger partial charge in [0, 0.05) is 37.3 Å². The van der Waals surface area contributed by atoms with Crippen molar-refractivity contribution < 1.29 is 9.53 Å². The molecule has 1 aliphatic rings. The second-order valence-electron chi connectivity index (χ2n) is 7.50. The normalized spacial score (nSPS) is 13.8. The number of carbonyl (C=O) groups excluding carboxylic acids is 1. The van der Waals surface area contributed by atoms with Gasteiger partial charge in [-0.15, -0.1) is 0 Å². The Morgan fingerprint density at radius 2 is 1.87 bits per heavy atom. The van der Waals surface area contributed by atoms with Crippen LogP contribution in [0.5, 0.6) is 5.75 Å². The number of thioether (sulfide) groups is 1. The Kier molecular flexibility index (Phi) is 6.28. The zero-order valence-corrected chi connectivity index (χ0v) is 18.5. The molecule has 1 amide bonds. The Bertz CT molecular complexity index is 1130. The zero-order chi connectivity index (χ0) is 21.8. The summed E-state index contributed by atoms with van der Waals surface area (Å²) >= 11 is 1.34. The maximum Gasteiger partial charge on any atom is 0.233 e. The van der Waals surface area contributed by atoms with E-state index in [1.54, 1.807) is 7.11 Å². The Labute approximate surface area is 186 Å². The van der Waals surface area contributed by atoms with Gasteiger partial charge in [0.25, 0.3) is 0 Å². The van der Waals surface area contributed by atoms with Crippen molar-refractivity contribution in [1.82, 2.24) is 9.88 Å². The average Bonchev–Trinajstić information content (AvgIpc) is 2.82. The fourth-order valence-electron chi connectivity index (χ4n) is 3.70. The number of aromatic nitrogens is 1. The molecule has 31 heavy (non-hydrogen) atoms. The van der Waals surface area contributed by atoms with Crippen LogP contribution < -0.4 is 9.64 Å². The van der Waals surface area contributed by atoms with Crippen LogP contribution in [0.25, 0.3) is 10.9 Å². The number of nitriles is 1. The molecule has 1 aliphatic heterocycles. The van der Waals surface area contributed by atoms with Crippen molar-refractivity contribution >= 4 is 34.3 Å². The summed E-state index contributed by atoms with van der Waals surface area (Å²) in [5, 5.41) is 11.1. The number of methoxy groups -OCH3 is 1. The monoisotopic (exact) mass is 432 g/mol. The number of rotatable bonds is 5. The number of pyridine rings is 1. The molecule has 158 valence electrons. The molecule has 4 rings (SSSR count). The third-order valence-corrected chi connectivity index (χ3v) is 6.43. The van der Waals surface area contributed by atoms with E-state index in [-0.39, 0.29) is 11.7 Å². The number of anilines is 1. The number of amides is 1. The van der Waals surface area contributed by atoms with Crippen molar-refractivity contribution in [2.75, 3.05) is 43.9 Å². The minimum Gasteiger partial charge on any atom is -0.497 e. The molecular formula is C24H24N4O2S. The van der Waals surface area contributed by atoms with Crippen molar-refractivity contribution in [1.29, 1.82) is 5.26 Å². The minimum absolute atomic E-state index is 0.0778. The number of ether oxygens (including phenoxy) is 1. The van der Waals surface area contributed by atoms with Gasteiger partial charge < -0.3 is 14.5 Å². The summed E-state index contributed by atoms with van der Waals surface area (Å²) in [5.74, 6) is 1.19. The van der Waals surface area contributed by atoms with E-state index in [0.717, 1.165) is 41.0 Å². The van der Waals surface area contributed by atoms with Gasteiger partial charge in [0.2, 0.25) is 5.91 Å². The number of aryl methyl sites for hydroxylation is 1. The van der Waals surface area contributed by atoms with Gasteiger partial charge in [-0.1, -0.05) is 23.4 Å². The Balaban J connectivity index is 1.36. The Hall–Kier alpha value is -3.24. The first-order valence-electron chi connectivity index (χ1n) is 10.2. The van der Waals surface area contributed by atoms with E-state index in [9.17, 15) is 10.1 Å². The highest BCUT2D eigenvalue weighted by Crippen LogP contribution is 2.26. The first-order chi connectivity index (χ1) is 15.1. The third kappa shape index (κ3) is 4.75. The third-order valence-electron chi connectivity index (χ3n) is 5.46. The van der Waals surface area contributed by atoms with Crippen LogP contribution in [0.3, 0.4) is 0 Å². The molecule has 0 saturated carbocycles. The average molecular weight is 433 g/mol. The molecule has 0 radical (unpaired) electrons. The van der Waals surface area contributed by atoms with Gasteiger partial charge in [-0.25, -0.2) is 4.98 Å². The van der Waals surface area contributed by atoms with Crippen LogP contribution in [0.4, 0.5) is 5.69 Å². The lowest BCUT2D eigenvalue weighted by atomic mass is 10.1. The van der Waals surface area contributed by atoms with Crippen molar-refractivity contribution in [2.24, 2.45) is 0 Å². The molecular weight excluding hydrogens is 408 g/mol. The summed E-state index contributed by atoms with van der Waals surface area (Å²) in [6.07, 6.45) is 0. The molecule has 1 saturated heterocycles. The molecule has 0 bridgehead atoms. The predicted molar refractivity (Wildman–Crippen MR) is 124 cm³/mol. The summed E-state index contributed by atoms with van der Waals surface area (Å²) in [4.78, 5) is 21.6. The predicted octanol–water partition coefficient (Wildman–Crippen LogP) is 3.86. The lowest BCUT2D eigenvalue weighted by Gasteiger charge is -2.36. The lowest BCUT2D eigenvalue weighted by Crippen LogP contribution is -2.49. The summed E-state index contributed by atoms with van der Waals surface area (Å²) in [6.45, 7) is 4.96. The van der Waals surface area contributed by atoms with E-state index < -0.39 is 0 Å². The van der Waals surface area contributed by atoms with Gasteiger partial charge in [0.05, 0.1) is 23.9 Å². The largest absolute Gasteiger partial charge is 0.497 e. The number of hydrogen-bond acceptors (Lipinski definition) is 6. The summed E-state index contributed by atoms with van der Waals surface area (Å²) in [5.41, 5.74) is 3.62. The lowest BCUT2D eigenvalue weighted by molar-refractivity contribution is -0.128. The van der Waals surface area contributed by atoms with Crippen LogP contribution >= 0.6 is 11.8 Å².